The topological polar surface area (TPSA) is 35.8 Å². The SMILES string of the molecule is CCCCNCCC#N.Cl. The first-order valence-corrected chi connectivity index (χ1v) is 3.49. The zero-order chi connectivity index (χ0) is 6.95. The average molecular weight is 163 g/mol. The summed E-state index contributed by atoms with van der Waals surface area (Å²) in [5.41, 5.74) is 0. The molecule has 0 aliphatic carbocycles. The molecule has 60 valence electrons. The summed E-state index contributed by atoms with van der Waals surface area (Å²) in [6.45, 7) is 4.06. The molecule has 0 unspecified atom stereocenters. The molecule has 10 heavy (non-hydrogen) atoms. The number of nitrogens with zero attached hydrogens (tertiary/aromatic N) is 1. The molecule has 0 aliphatic rings. The van der Waals surface area contributed by atoms with Gasteiger partial charge in [0.1, 0.15) is 0 Å². The van der Waals surface area contributed by atoms with Crippen molar-refractivity contribution in [1.82, 2.24) is 5.32 Å². The summed E-state index contributed by atoms with van der Waals surface area (Å²) >= 11 is 0. The lowest BCUT2D eigenvalue weighted by atomic mass is 10.3. The molecule has 0 amide bonds. The fraction of sp³-hybridized carbons (Fsp3) is 0.857. The Morgan fingerprint density at radius 1 is 1.40 bits per heavy atom. The minimum absolute atomic E-state index is 0. The second kappa shape index (κ2) is 11.5. The zero-order valence-electron chi connectivity index (χ0n) is 6.39. The third kappa shape index (κ3) is 10.7. The summed E-state index contributed by atoms with van der Waals surface area (Å²) in [6, 6.07) is 2.08. The van der Waals surface area contributed by atoms with Gasteiger partial charge in [-0.15, -0.1) is 12.4 Å². The Bertz CT molecular complexity index is 88.1. The van der Waals surface area contributed by atoms with Crippen LogP contribution in [0.25, 0.3) is 0 Å². The van der Waals surface area contributed by atoms with E-state index in [1.165, 1.54) is 12.8 Å². The number of hydrogen-bond donors (Lipinski definition) is 1. The molecule has 0 aromatic carbocycles. The Balaban J connectivity index is 0. The largest absolute Gasteiger partial charge is 0.316 e. The molecule has 1 N–H and O–H groups in total. The summed E-state index contributed by atoms with van der Waals surface area (Å²) in [7, 11) is 0. The highest BCUT2D eigenvalue weighted by Crippen LogP contribution is 1.81. The van der Waals surface area contributed by atoms with Crippen molar-refractivity contribution in [3.63, 3.8) is 0 Å². The van der Waals surface area contributed by atoms with Crippen molar-refractivity contribution >= 4 is 12.4 Å². The first-order valence-electron chi connectivity index (χ1n) is 3.49. The number of halogens is 1. The quantitative estimate of drug-likeness (QED) is 0.625. The Morgan fingerprint density at radius 3 is 2.60 bits per heavy atom. The lowest BCUT2D eigenvalue weighted by Crippen LogP contribution is -2.15. The molecule has 0 saturated carbocycles. The van der Waals surface area contributed by atoms with Crippen LogP contribution in [0.2, 0.25) is 0 Å². The fourth-order valence-corrected chi connectivity index (χ4v) is 0.571. The van der Waals surface area contributed by atoms with E-state index in [4.69, 9.17) is 5.26 Å². The van der Waals surface area contributed by atoms with Crippen molar-refractivity contribution in [3.8, 4) is 6.07 Å². The Hall–Kier alpha value is -0.260. The van der Waals surface area contributed by atoms with Crippen LogP contribution in [0.3, 0.4) is 0 Å². The molecule has 0 radical (unpaired) electrons. The van der Waals surface area contributed by atoms with E-state index in [-0.39, 0.29) is 12.4 Å². The van der Waals surface area contributed by atoms with Crippen molar-refractivity contribution in [2.45, 2.75) is 26.2 Å². The van der Waals surface area contributed by atoms with Gasteiger partial charge in [-0.1, -0.05) is 13.3 Å². The van der Waals surface area contributed by atoms with Gasteiger partial charge in [0.25, 0.3) is 0 Å². The predicted molar refractivity (Wildman–Crippen MR) is 45.3 cm³/mol. The van der Waals surface area contributed by atoms with Crippen molar-refractivity contribution in [2.24, 2.45) is 0 Å². The molecule has 0 atom stereocenters. The molecule has 0 aliphatic heterocycles. The van der Waals surface area contributed by atoms with Gasteiger partial charge in [0, 0.05) is 13.0 Å². The highest BCUT2D eigenvalue weighted by atomic mass is 35.5. The van der Waals surface area contributed by atoms with Crippen LogP contribution in [-0.2, 0) is 0 Å². The molecular weight excluding hydrogens is 148 g/mol. The van der Waals surface area contributed by atoms with Gasteiger partial charge < -0.3 is 5.32 Å². The van der Waals surface area contributed by atoms with E-state index in [9.17, 15) is 0 Å². The maximum Gasteiger partial charge on any atom is 0.0635 e. The normalized spacial score (nSPS) is 8.00. The molecule has 0 saturated heterocycles. The monoisotopic (exact) mass is 162 g/mol. The lowest BCUT2D eigenvalue weighted by molar-refractivity contribution is 0.647. The summed E-state index contributed by atoms with van der Waals surface area (Å²) in [6.07, 6.45) is 3.06. The van der Waals surface area contributed by atoms with Gasteiger partial charge in [-0.3, -0.25) is 0 Å². The van der Waals surface area contributed by atoms with E-state index >= 15 is 0 Å². The van der Waals surface area contributed by atoms with Crippen molar-refractivity contribution < 1.29 is 0 Å². The number of rotatable bonds is 5. The van der Waals surface area contributed by atoms with Gasteiger partial charge in [-0.05, 0) is 13.0 Å². The van der Waals surface area contributed by atoms with Crippen LogP contribution in [0, 0.1) is 11.3 Å². The average Bonchev–Trinajstić information content (AvgIpc) is 1.89. The molecule has 0 spiro atoms. The minimum Gasteiger partial charge on any atom is -0.316 e. The molecule has 0 rings (SSSR count). The summed E-state index contributed by atoms with van der Waals surface area (Å²) in [5.74, 6) is 0. The van der Waals surface area contributed by atoms with E-state index in [0.29, 0.717) is 6.42 Å². The predicted octanol–water partition coefficient (Wildman–Crippen LogP) is 1.71. The second-order valence-corrected chi connectivity index (χ2v) is 2.01. The second-order valence-electron chi connectivity index (χ2n) is 2.01. The van der Waals surface area contributed by atoms with Gasteiger partial charge in [0.2, 0.25) is 0 Å². The molecule has 2 nitrogen and oxygen atoms in total. The van der Waals surface area contributed by atoms with Crippen LogP contribution in [-0.4, -0.2) is 13.1 Å². The molecule has 0 bridgehead atoms. The highest BCUT2D eigenvalue weighted by Gasteiger charge is 1.83. The maximum absolute atomic E-state index is 8.13. The molecule has 0 aromatic rings. The minimum atomic E-state index is 0. The van der Waals surface area contributed by atoms with Gasteiger partial charge in [-0.25, -0.2) is 0 Å². The third-order valence-electron chi connectivity index (χ3n) is 1.12. The van der Waals surface area contributed by atoms with Crippen LogP contribution in [0.5, 0.6) is 0 Å². The first kappa shape index (κ1) is 12.4. The maximum atomic E-state index is 8.13. The van der Waals surface area contributed by atoms with Gasteiger partial charge in [0.15, 0.2) is 0 Å². The van der Waals surface area contributed by atoms with Crippen molar-refractivity contribution in [2.75, 3.05) is 13.1 Å². The lowest BCUT2D eigenvalue weighted by Gasteiger charge is -1.97. The highest BCUT2D eigenvalue weighted by molar-refractivity contribution is 5.85. The molecule has 3 heteroatoms. The van der Waals surface area contributed by atoms with Crippen molar-refractivity contribution in [3.05, 3.63) is 0 Å². The van der Waals surface area contributed by atoms with Gasteiger partial charge in [-0.2, -0.15) is 5.26 Å². The molecular formula is C7H15ClN2. The van der Waals surface area contributed by atoms with E-state index < -0.39 is 0 Å². The standard InChI is InChI=1S/C7H14N2.ClH/c1-2-3-6-9-7-4-5-8;/h9H,2-4,6-7H2,1H3;1H. The smallest absolute Gasteiger partial charge is 0.0635 e. The van der Waals surface area contributed by atoms with Crippen LogP contribution >= 0.6 is 12.4 Å². The van der Waals surface area contributed by atoms with E-state index in [1.807, 2.05) is 0 Å². The third-order valence-corrected chi connectivity index (χ3v) is 1.12. The van der Waals surface area contributed by atoms with Crippen LogP contribution in [0.1, 0.15) is 26.2 Å². The van der Waals surface area contributed by atoms with Gasteiger partial charge in [0.05, 0.1) is 6.07 Å². The van der Waals surface area contributed by atoms with Crippen LogP contribution in [0.15, 0.2) is 0 Å². The number of nitriles is 1. The Morgan fingerprint density at radius 2 is 2.10 bits per heavy atom. The fourth-order valence-electron chi connectivity index (χ4n) is 0.571. The van der Waals surface area contributed by atoms with Crippen molar-refractivity contribution in [1.29, 1.82) is 5.26 Å². The summed E-state index contributed by atoms with van der Waals surface area (Å²) < 4.78 is 0. The van der Waals surface area contributed by atoms with Crippen LogP contribution in [0.4, 0.5) is 0 Å². The Labute approximate surface area is 69.0 Å². The summed E-state index contributed by atoms with van der Waals surface area (Å²) in [4.78, 5) is 0. The molecule has 0 heterocycles. The number of unbranched alkanes of at least 4 members (excludes halogenated alkanes) is 1. The molecule has 0 fully saturated rings. The van der Waals surface area contributed by atoms with E-state index in [0.717, 1.165) is 13.1 Å². The Kier molecular flexibility index (Phi) is 14.3. The first-order chi connectivity index (χ1) is 4.41. The van der Waals surface area contributed by atoms with E-state index in [2.05, 4.69) is 18.3 Å². The van der Waals surface area contributed by atoms with E-state index in [1.54, 1.807) is 0 Å². The summed E-state index contributed by atoms with van der Waals surface area (Å²) in [5, 5.41) is 11.3. The van der Waals surface area contributed by atoms with Crippen LogP contribution < -0.4 is 5.32 Å². The zero-order valence-corrected chi connectivity index (χ0v) is 7.21. The van der Waals surface area contributed by atoms with Gasteiger partial charge >= 0.3 is 0 Å². The number of hydrogen-bond acceptors (Lipinski definition) is 2. The molecule has 0 aromatic heterocycles. The number of nitrogens with one attached hydrogen (secondary N) is 1.